The number of hydrogen-bond donors (Lipinski definition) is 2. The normalized spacial score (nSPS) is 32.1. The number of benzene rings is 1. The van der Waals surface area contributed by atoms with Gasteiger partial charge in [-0.15, -0.1) is 0 Å². The number of hydrogen-bond acceptors (Lipinski definition) is 3. The molecular weight excluding hydrogens is 267 g/mol. The molecule has 0 saturated carbocycles. The van der Waals surface area contributed by atoms with Crippen molar-refractivity contribution in [2.45, 2.75) is 69.3 Å². The molecule has 1 aromatic carbocycles. The molecule has 2 aliphatic rings. The number of aliphatic hydroxyl groups excluding tert-OH is 1. The first-order chi connectivity index (χ1) is 10.1. The fourth-order valence-corrected chi connectivity index (χ4v) is 4.19. The SMILES string of the molecule is CCC(N)C(c1ccccc1F)N1C2CCC1CC(O)C2. The predicted molar refractivity (Wildman–Crippen MR) is 81.3 cm³/mol. The lowest BCUT2D eigenvalue weighted by molar-refractivity contribution is 0.00144. The van der Waals surface area contributed by atoms with Gasteiger partial charge in [0.05, 0.1) is 12.1 Å². The molecule has 2 bridgehead atoms. The van der Waals surface area contributed by atoms with E-state index in [2.05, 4.69) is 11.8 Å². The first-order valence-corrected chi connectivity index (χ1v) is 8.07. The van der Waals surface area contributed by atoms with Crippen LogP contribution in [0.25, 0.3) is 0 Å². The van der Waals surface area contributed by atoms with E-state index in [1.807, 2.05) is 12.1 Å². The smallest absolute Gasteiger partial charge is 0.128 e. The van der Waals surface area contributed by atoms with Crippen LogP contribution in [0.5, 0.6) is 0 Å². The van der Waals surface area contributed by atoms with Crippen LogP contribution in [0.15, 0.2) is 24.3 Å². The average molecular weight is 292 g/mol. The molecule has 3 nitrogen and oxygen atoms in total. The van der Waals surface area contributed by atoms with Gasteiger partial charge in [0.1, 0.15) is 5.82 Å². The zero-order valence-corrected chi connectivity index (χ0v) is 12.6. The van der Waals surface area contributed by atoms with Crippen LogP contribution in [-0.2, 0) is 0 Å². The highest BCUT2D eigenvalue weighted by Crippen LogP contribution is 2.43. The Balaban J connectivity index is 1.96. The summed E-state index contributed by atoms with van der Waals surface area (Å²) in [5, 5.41) is 9.98. The lowest BCUT2D eigenvalue weighted by Crippen LogP contribution is -2.51. The van der Waals surface area contributed by atoms with Gasteiger partial charge in [-0.25, -0.2) is 4.39 Å². The topological polar surface area (TPSA) is 49.5 Å². The minimum Gasteiger partial charge on any atom is -0.393 e. The first kappa shape index (κ1) is 14.9. The summed E-state index contributed by atoms with van der Waals surface area (Å²) in [5.41, 5.74) is 7.07. The molecule has 2 heterocycles. The molecule has 0 amide bonds. The highest BCUT2D eigenvalue weighted by Gasteiger charge is 2.45. The molecule has 1 aromatic rings. The van der Waals surface area contributed by atoms with E-state index in [1.54, 1.807) is 6.07 Å². The van der Waals surface area contributed by atoms with E-state index in [0.717, 1.165) is 32.1 Å². The molecule has 4 atom stereocenters. The number of nitrogens with zero attached hydrogens (tertiary/aromatic N) is 1. The minimum atomic E-state index is -0.210. The van der Waals surface area contributed by atoms with E-state index >= 15 is 0 Å². The zero-order chi connectivity index (χ0) is 15.0. The average Bonchev–Trinajstić information content (AvgIpc) is 2.73. The second-order valence-electron chi connectivity index (χ2n) is 6.50. The van der Waals surface area contributed by atoms with Crippen molar-refractivity contribution < 1.29 is 9.50 Å². The summed E-state index contributed by atoms with van der Waals surface area (Å²) in [6, 6.07) is 7.49. The largest absolute Gasteiger partial charge is 0.393 e. The molecule has 3 rings (SSSR count). The van der Waals surface area contributed by atoms with E-state index < -0.39 is 0 Å². The van der Waals surface area contributed by atoms with Crippen LogP contribution in [0.1, 0.15) is 50.6 Å². The number of fused-ring (bicyclic) bond motifs is 2. The van der Waals surface area contributed by atoms with Gasteiger partial charge >= 0.3 is 0 Å². The maximum Gasteiger partial charge on any atom is 0.128 e. The summed E-state index contributed by atoms with van der Waals surface area (Å²) < 4.78 is 14.3. The Labute approximate surface area is 125 Å². The highest BCUT2D eigenvalue weighted by molar-refractivity contribution is 5.24. The Hall–Kier alpha value is -0.970. The summed E-state index contributed by atoms with van der Waals surface area (Å²) in [5.74, 6) is -0.170. The second kappa shape index (κ2) is 6.03. The molecule has 0 radical (unpaired) electrons. The van der Waals surface area contributed by atoms with Gasteiger partial charge in [-0.3, -0.25) is 4.90 Å². The second-order valence-corrected chi connectivity index (χ2v) is 6.50. The van der Waals surface area contributed by atoms with Gasteiger partial charge in [-0.2, -0.15) is 0 Å². The summed E-state index contributed by atoms with van der Waals surface area (Å²) in [7, 11) is 0. The third-order valence-corrected chi connectivity index (χ3v) is 5.19. The van der Waals surface area contributed by atoms with Gasteiger partial charge < -0.3 is 10.8 Å². The number of nitrogens with two attached hydrogens (primary N) is 1. The summed E-state index contributed by atoms with van der Waals surface area (Å²) >= 11 is 0. The van der Waals surface area contributed by atoms with Crippen molar-refractivity contribution in [3.8, 4) is 0 Å². The van der Waals surface area contributed by atoms with Crippen LogP contribution < -0.4 is 5.73 Å². The van der Waals surface area contributed by atoms with Crippen molar-refractivity contribution in [3.63, 3.8) is 0 Å². The van der Waals surface area contributed by atoms with Gasteiger partial charge in [0.2, 0.25) is 0 Å². The van der Waals surface area contributed by atoms with Crippen molar-refractivity contribution in [1.82, 2.24) is 4.90 Å². The predicted octanol–water partition coefficient (Wildman–Crippen LogP) is 2.59. The quantitative estimate of drug-likeness (QED) is 0.897. The van der Waals surface area contributed by atoms with Crippen LogP contribution in [0.2, 0.25) is 0 Å². The zero-order valence-electron chi connectivity index (χ0n) is 12.6. The summed E-state index contributed by atoms with van der Waals surface area (Å²) in [6.07, 6.45) is 4.36. The molecule has 21 heavy (non-hydrogen) atoms. The molecule has 2 saturated heterocycles. The van der Waals surface area contributed by atoms with Gasteiger partial charge in [0.15, 0.2) is 0 Å². The van der Waals surface area contributed by atoms with E-state index in [0.29, 0.717) is 17.6 Å². The van der Waals surface area contributed by atoms with Crippen molar-refractivity contribution in [2.75, 3.05) is 0 Å². The van der Waals surface area contributed by atoms with E-state index in [1.165, 1.54) is 6.07 Å². The molecule has 0 aliphatic carbocycles. The number of halogens is 1. The van der Waals surface area contributed by atoms with Crippen LogP contribution in [0.3, 0.4) is 0 Å². The fourth-order valence-electron chi connectivity index (χ4n) is 4.19. The molecular formula is C17H25FN2O. The van der Waals surface area contributed by atoms with Crippen LogP contribution >= 0.6 is 0 Å². The summed E-state index contributed by atoms with van der Waals surface area (Å²) in [6.45, 7) is 2.05. The van der Waals surface area contributed by atoms with E-state index in [-0.39, 0.29) is 24.0 Å². The molecule has 0 spiro atoms. The third-order valence-electron chi connectivity index (χ3n) is 5.19. The van der Waals surface area contributed by atoms with Crippen molar-refractivity contribution in [1.29, 1.82) is 0 Å². The molecule has 0 aromatic heterocycles. The Morgan fingerprint density at radius 1 is 1.29 bits per heavy atom. The van der Waals surface area contributed by atoms with E-state index in [4.69, 9.17) is 5.73 Å². The van der Waals surface area contributed by atoms with Crippen molar-refractivity contribution in [2.24, 2.45) is 5.73 Å². The lowest BCUT2D eigenvalue weighted by Gasteiger charge is -2.44. The van der Waals surface area contributed by atoms with Gasteiger partial charge in [0, 0.05) is 23.7 Å². The maximum atomic E-state index is 14.3. The molecule has 4 heteroatoms. The summed E-state index contributed by atoms with van der Waals surface area (Å²) in [4.78, 5) is 2.40. The first-order valence-electron chi connectivity index (χ1n) is 8.07. The third kappa shape index (κ3) is 2.72. The Bertz CT molecular complexity index is 481. The molecule has 3 N–H and O–H groups in total. The van der Waals surface area contributed by atoms with Crippen LogP contribution in [0, 0.1) is 5.82 Å². The van der Waals surface area contributed by atoms with Crippen LogP contribution in [-0.4, -0.2) is 34.2 Å². The number of rotatable bonds is 4. The van der Waals surface area contributed by atoms with Gasteiger partial charge in [-0.1, -0.05) is 25.1 Å². The Kier molecular flexibility index (Phi) is 4.29. The minimum absolute atomic E-state index is 0.0822. The van der Waals surface area contributed by atoms with E-state index in [9.17, 15) is 9.50 Å². The molecule has 4 unspecified atom stereocenters. The Morgan fingerprint density at radius 3 is 2.48 bits per heavy atom. The Morgan fingerprint density at radius 2 is 1.90 bits per heavy atom. The fraction of sp³-hybridized carbons (Fsp3) is 0.647. The van der Waals surface area contributed by atoms with Crippen LogP contribution in [0.4, 0.5) is 4.39 Å². The lowest BCUT2D eigenvalue weighted by atomic mass is 9.90. The molecule has 2 aliphatic heterocycles. The maximum absolute atomic E-state index is 14.3. The van der Waals surface area contributed by atoms with Crippen molar-refractivity contribution >= 4 is 0 Å². The molecule has 2 fully saturated rings. The van der Waals surface area contributed by atoms with Gasteiger partial charge in [0.25, 0.3) is 0 Å². The highest BCUT2D eigenvalue weighted by atomic mass is 19.1. The standard InChI is InChI=1S/C17H25FN2O/c1-2-16(19)17(14-5-3-4-6-15(14)18)20-11-7-8-12(20)10-13(21)9-11/h3-6,11-13,16-17,21H,2,7-10,19H2,1H3. The van der Waals surface area contributed by atoms with Crippen molar-refractivity contribution in [3.05, 3.63) is 35.6 Å². The van der Waals surface area contributed by atoms with Gasteiger partial charge in [-0.05, 0) is 38.2 Å². The number of aliphatic hydroxyl groups is 1. The monoisotopic (exact) mass is 292 g/mol. The molecule has 116 valence electrons. The number of piperidine rings is 1.